The van der Waals surface area contributed by atoms with Crippen LogP contribution < -0.4 is 14.8 Å². The smallest absolute Gasteiger partial charge is 0.387 e. The second-order valence-electron chi connectivity index (χ2n) is 7.05. The second-order valence-corrected chi connectivity index (χ2v) is 7.05. The standard InChI is InChI=1S/C20H27F2N5O2.HI/c1-14-6-8-26(12-16(14)27-9-7-24-13-27)20(23-2)25-11-15-4-5-17(28-3)18(10-15)29-19(21)22;/h4-5,7,9-10,13-14,16,19H,6,8,11-12H2,1-3H3,(H,23,25);1H. The van der Waals surface area contributed by atoms with Crippen LogP contribution in [0.3, 0.4) is 0 Å². The number of guanidine groups is 1. The normalized spacial score (nSPS) is 19.4. The highest BCUT2D eigenvalue weighted by molar-refractivity contribution is 14.0. The molecule has 7 nitrogen and oxygen atoms in total. The number of benzene rings is 1. The fraction of sp³-hybridized carbons (Fsp3) is 0.500. The van der Waals surface area contributed by atoms with Gasteiger partial charge in [-0.3, -0.25) is 4.99 Å². The molecule has 1 aliphatic rings. The summed E-state index contributed by atoms with van der Waals surface area (Å²) in [5.74, 6) is 1.60. The lowest BCUT2D eigenvalue weighted by molar-refractivity contribution is -0.0512. The van der Waals surface area contributed by atoms with Crippen LogP contribution in [0.1, 0.15) is 24.9 Å². The lowest BCUT2D eigenvalue weighted by Gasteiger charge is -2.39. The number of aliphatic imine (C=N–C) groups is 1. The SMILES string of the molecule is CN=C(NCc1ccc(OC)c(OC(F)F)c1)N1CCC(C)C(n2ccnc2)C1.I. The fourth-order valence-electron chi connectivity index (χ4n) is 3.63. The van der Waals surface area contributed by atoms with Gasteiger partial charge >= 0.3 is 6.61 Å². The molecule has 166 valence electrons. The van der Waals surface area contributed by atoms with E-state index in [0.29, 0.717) is 18.5 Å². The first-order chi connectivity index (χ1) is 14.0. The summed E-state index contributed by atoms with van der Waals surface area (Å²) in [7, 11) is 3.16. The molecular weight excluding hydrogens is 507 g/mol. The van der Waals surface area contributed by atoms with Crippen LogP contribution in [0.15, 0.2) is 41.9 Å². The first-order valence-electron chi connectivity index (χ1n) is 9.56. The van der Waals surface area contributed by atoms with Gasteiger partial charge in [-0.05, 0) is 30.0 Å². The summed E-state index contributed by atoms with van der Waals surface area (Å²) in [6.07, 6.45) is 6.67. The molecule has 1 aliphatic heterocycles. The van der Waals surface area contributed by atoms with Crippen molar-refractivity contribution in [2.24, 2.45) is 10.9 Å². The number of imidazole rings is 1. The summed E-state index contributed by atoms with van der Waals surface area (Å²) in [6, 6.07) is 5.30. The van der Waals surface area contributed by atoms with E-state index in [2.05, 4.69) is 36.4 Å². The minimum Gasteiger partial charge on any atom is -0.493 e. The highest BCUT2D eigenvalue weighted by Crippen LogP contribution is 2.30. The number of hydrogen-bond donors (Lipinski definition) is 1. The predicted molar refractivity (Wildman–Crippen MR) is 122 cm³/mol. The zero-order valence-electron chi connectivity index (χ0n) is 17.3. The number of methoxy groups -OCH3 is 1. The molecule has 0 bridgehead atoms. The fourth-order valence-corrected chi connectivity index (χ4v) is 3.63. The van der Waals surface area contributed by atoms with Gasteiger partial charge in [-0.2, -0.15) is 8.78 Å². The Morgan fingerprint density at radius 3 is 2.80 bits per heavy atom. The molecule has 1 N–H and O–H groups in total. The van der Waals surface area contributed by atoms with Gasteiger partial charge in [0.1, 0.15) is 0 Å². The van der Waals surface area contributed by atoms with E-state index in [0.717, 1.165) is 31.0 Å². The molecule has 1 aromatic carbocycles. The molecule has 0 radical (unpaired) electrons. The minimum atomic E-state index is -2.91. The van der Waals surface area contributed by atoms with E-state index < -0.39 is 6.61 Å². The number of hydrogen-bond acceptors (Lipinski definition) is 4. The number of alkyl halides is 2. The van der Waals surface area contributed by atoms with Gasteiger partial charge in [-0.1, -0.05) is 13.0 Å². The third-order valence-electron chi connectivity index (χ3n) is 5.23. The maximum Gasteiger partial charge on any atom is 0.387 e. The summed E-state index contributed by atoms with van der Waals surface area (Å²) >= 11 is 0. The largest absolute Gasteiger partial charge is 0.493 e. The number of aromatic nitrogens is 2. The number of halogens is 3. The van der Waals surface area contributed by atoms with Crippen LogP contribution in [0.4, 0.5) is 8.78 Å². The molecule has 1 fully saturated rings. The van der Waals surface area contributed by atoms with Crippen LogP contribution >= 0.6 is 24.0 Å². The van der Waals surface area contributed by atoms with Crippen molar-refractivity contribution in [2.75, 3.05) is 27.2 Å². The van der Waals surface area contributed by atoms with Gasteiger partial charge in [0.15, 0.2) is 17.5 Å². The maximum atomic E-state index is 12.6. The Balaban J connectivity index is 0.00000320. The summed E-state index contributed by atoms with van der Waals surface area (Å²) in [5, 5.41) is 3.32. The molecule has 30 heavy (non-hydrogen) atoms. The highest BCUT2D eigenvalue weighted by atomic mass is 127. The Morgan fingerprint density at radius 2 is 2.17 bits per heavy atom. The molecule has 10 heteroatoms. The van der Waals surface area contributed by atoms with Crippen LogP contribution in [0.2, 0.25) is 0 Å². The molecule has 0 saturated carbocycles. The third kappa shape index (κ3) is 5.96. The monoisotopic (exact) mass is 535 g/mol. The van der Waals surface area contributed by atoms with Crippen molar-refractivity contribution in [3.05, 3.63) is 42.5 Å². The average Bonchev–Trinajstić information content (AvgIpc) is 3.24. The van der Waals surface area contributed by atoms with E-state index in [1.807, 2.05) is 18.6 Å². The second kappa shape index (κ2) is 11.3. The Morgan fingerprint density at radius 1 is 1.37 bits per heavy atom. The number of nitrogens with zero attached hydrogens (tertiary/aromatic N) is 4. The van der Waals surface area contributed by atoms with Crippen LogP contribution in [-0.2, 0) is 6.54 Å². The van der Waals surface area contributed by atoms with E-state index >= 15 is 0 Å². The van der Waals surface area contributed by atoms with Gasteiger partial charge < -0.3 is 24.3 Å². The van der Waals surface area contributed by atoms with Crippen molar-refractivity contribution in [3.63, 3.8) is 0 Å². The van der Waals surface area contributed by atoms with Gasteiger partial charge in [0.05, 0.1) is 19.5 Å². The van der Waals surface area contributed by atoms with Gasteiger partial charge in [0.2, 0.25) is 0 Å². The van der Waals surface area contributed by atoms with Gasteiger partial charge in [0.25, 0.3) is 0 Å². The molecule has 2 heterocycles. The number of ether oxygens (including phenoxy) is 2. The molecule has 3 rings (SSSR count). The van der Waals surface area contributed by atoms with Crippen molar-refractivity contribution in [2.45, 2.75) is 32.5 Å². The van der Waals surface area contributed by atoms with Crippen LogP contribution in [-0.4, -0.2) is 54.3 Å². The molecule has 2 atom stereocenters. The van der Waals surface area contributed by atoms with E-state index in [1.165, 1.54) is 7.11 Å². The molecule has 1 saturated heterocycles. The lowest BCUT2D eigenvalue weighted by atomic mass is 9.93. The van der Waals surface area contributed by atoms with Gasteiger partial charge in [-0.15, -0.1) is 24.0 Å². The Bertz CT molecular complexity index is 820. The van der Waals surface area contributed by atoms with Crippen molar-refractivity contribution >= 4 is 29.9 Å². The first kappa shape index (κ1) is 24.2. The minimum absolute atomic E-state index is 0. The molecule has 0 spiro atoms. The molecule has 1 aromatic heterocycles. The Kier molecular flexibility index (Phi) is 9.12. The maximum absolute atomic E-state index is 12.6. The average molecular weight is 535 g/mol. The Labute approximate surface area is 192 Å². The van der Waals surface area contributed by atoms with Crippen molar-refractivity contribution < 1.29 is 18.3 Å². The number of rotatable bonds is 6. The zero-order chi connectivity index (χ0) is 20.8. The molecular formula is C20H28F2IN5O2. The van der Waals surface area contributed by atoms with Crippen molar-refractivity contribution in [1.82, 2.24) is 19.8 Å². The third-order valence-corrected chi connectivity index (χ3v) is 5.23. The first-order valence-corrected chi connectivity index (χ1v) is 9.56. The molecule has 0 amide bonds. The summed E-state index contributed by atoms with van der Waals surface area (Å²) in [4.78, 5) is 10.8. The van der Waals surface area contributed by atoms with Crippen LogP contribution in [0.5, 0.6) is 11.5 Å². The molecule has 2 aromatic rings. The number of nitrogens with one attached hydrogen (secondary N) is 1. The van der Waals surface area contributed by atoms with E-state index in [9.17, 15) is 8.78 Å². The van der Waals surface area contributed by atoms with Crippen LogP contribution in [0.25, 0.3) is 0 Å². The highest BCUT2D eigenvalue weighted by Gasteiger charge is 2.28. The summed E-state index contributed by atoms with van der Waals surface area (Å²) < 4.78 is 37.1. The van der Waals surface area contributed by atoms with Crippen molar-refractivity contribution in [1.29, 1.82) is 0 Å². The Hall–Kier alpha value is -2.11. The molecule has 0 aliphatic carbocycles. The topological polar surface area (TPSA) is 63.9 Å². The van der Waals surface area contributed by atoms with Gasteiger partial charge in [0, 0.05) is 39.1 Å². The van der Waals surface area contributed by atoms with Crippen molar-refractivity contribution in [3.8, 4) is 11.5 Å². The summed E-state index contributed by atoms with van der Waals surface area (Å²) in [5.41, 5.74) is 0.791. The quantitative estimate of drug-likeness (QED) is 0.347. The van der Waals surface area contributed by atoms with E-state index in [4.69, 9.17) is 4.74 Å². The lowest BCUT2D eigenvalue weighted by Crippen LogP contribution is -2.48. The zero-order valence-corrected chi connectivity index (χ0v) is 19.6. The van der Waals surface area contributed by atoms with E-state index in [1.54, 1.807) is 25.4 Å². The number of piperidine rings is 1. The predicted octanol–water partition coefficient (Wildman–Crippen LogP) is 3.77. The van der Waals surface area contributed by atoms with Crippen LogP contribution in [0, 0.1) is 5.92 Å². The molecule has 2 unspecified atom stereocenters. The number of likely N-dealkylation sites (tertiary alicyclic amines) is 1. The van der Waals surface area contributed by atoms with Gasteiger partial charge in [-0.25, -0.2) is 4.98 Å². The summed E-state index contributed by atoms with van der Waals surface area (Å²) in [6.45, 7) is 1.49. The van der Waals surface area contributed by atoms with E-state index in [-0.39, 0.29) is 35.5 Å².